The third-order valence-electron chi connectivity index (χ3n) is 3.38. The number of rotatable bonds is 2. The summed E-state index contributed by atoms with van der Waals surface area (Å²) in [7, 11) is 0. The van der Waals surface area contributed by atoms with E-state index in [2.05, 4.69) is 6.07 Å². The Hall–Kier alpha value is -2.31. The van der Waals surface area contributed by atoms with Crippen molar-refractivity contribution >= 4 is 23.2 Å². The quantitative estimate of drug-likeness (QED) is 0.848. The standard InChI is InChI=1S/C16H11ClN2O/c17-14-5-4-13-7-16(20)19(15(13)8-14)10-12-3-1-2-11(6-12)9-18/h1-6,8H,7,10H2. The second kappa shape index (κ2) is 4.99. The van der Waals surface area contributed by atoms with Gasteiger partial charge in [-0.3, -0.25) is 4.79 Å². The van der Waals surface area contributed by atoms with Gasteiger partial charge in [0, 0.05) is 10.7 Å². The summed E-state index contributed by atoms with van der Waals surface area (Å²) in [6.07, 6.45) is 0.407. The van der Waals surface area contributed by atoms with Crippen LogP contribution in [0.25, 0.3) is 0 Å². The molecule has 0 N–H and O–H groups in total. The van der Waals surface area contributed by atoms with Gasteiger partial charge in [0.2, 0.25) is 5.91 Å². The first-order valence-corrected chi connectivity index (χ1v) is 6.63. The van der Waals surface area contributed by atoms with Crippen molar-refractivity contribution in [3.63, 3.8) is 0 Å². The van der Waals surface area contributed by atoms with E-state index in [0.29, 0.717) is 23.6 Å². The normalized spacial score (nSPS) is 13.2. The fourth-order valence-corrected chi connectivity index (χ4v) is 2.59. The highest BCUT2D eigenvalue weighted by Crippen LogP contribution is 2.32. The van der Waals surface area contributed by atoms with Gasteiger partial charge in [-0.1, -0.05) is 29.8 Å². The first kappa shape index (κ1) is 12.7. The number of hydrogen-bond acceptors (Lipinski definition) is 2. The summed E-state index contributed by atoms with van der Waals surface area (Å²) in [5.74, 6) is 0.0598. The molecule has 0 aromatic heterocycles. The Morgan fingerprint density at radius 3 is 2.90 bits per heavy atom. The second-order valence-corrected chi connectivity index (χ2v) is 5.18. The molecule has 3 rings (SSSR count). The molecule has 0 fully saturated rings. The molecule has 20 heavy (non-hydrogen) atoms. The lowest BCUT2D eigenvalue weighted by atomic mass is 10.1. The summed E-state index contributed by atoms with van der Waals surface area (Å²) < 4.78 is 0. The minimum Gasteiger partial charge on any atom is -0.307 e. The lowest BCUT2D eigenvalue weighted by molar-refractivity contribution is -0.117. The first-order chi connectivity index (χ1) is 9.67. The molecule has 0 atom stereocenters. The summed E-state index contributed by atoms with van der Waals surface area (Å²) in [4.78, 5) is 13.8. The predicted molar refractivity (Wildman–Crippen MR) is 77.5 cm³/mol. The zero-order chi connectivity index (χ0) is 14.1. The van der Waals surface area contributed by atoms with Gasteiger partial charge in [-0.2, -0.15) is 5.26 Å². The molecule has 98 valence electrons. The molecule has 0 radical (unpaired) electrons. The number of carbonyl (C=O) groups excluding carboxylic acids is 1. The molecule has 0 spiro atoms. The lowest BCUT2D eigenvalue weighted by Gasteiger charge is -2.18. The molecule has 0 unspecified atom stereocenters. The minimum atomic E-state index is 0.0598. The number of benzene rings is 2. The summed E-state index contributed by atoms with van der Waals surface area (Å²) in [5, 5.41) is 9.54. The van der Waals surface area contributed by atoms with Crippen molar-refractivity contribution in [1.29, 1.82) is 5.26 Å². The van der Waals surface area contributed by atoms with Crippen LogP contribution in [0, 0.1) is 11.3 Å². The van der Waals surface area contributed by atoms with Crippen LogP contribution in [-0.2, 0) is 17.8 Å². The largest absolute Gasteiger partial charge is 0.307 e. The highest BCUT2D eigenvalue weighted by molar-refractivity contribution is 6.31. The van der Waals surface area contributed by atoms with Crippen molar-refractivity contribution in [1.82, 2.24) is 0 Å². The fraction of sp³-hybridized carbons (Fsp3) is 0.125. The Morgan fingerprint density at radius 2 is 2.10 bits per heavy atom. The van der Waals surface area contributed by atoms with Crippen molar-refractivity contribution in [2.24, 2.45) is 0 Å². The van der Waals surface area contributed by atoms with E-state index in [9.17, 15) is 4.79 Å². The van der Waals surface area contributed by atoms with E-state index in [1.165, 1.54) is 0 Å². The Kier molecular flexibility index (Phi) is 3.17. The number of amides is 1. The Balaban J connectivity index is 1.94. The average molecular weight is 283 g/mol. The van der Waals surface area contributed by atoms with Crippen LogP contribution in [0.5, 0.6) is 0 Å². The SMILES string of the molecule is N#Cc1cccc(CN2C(=O)Cc3ccc(Cl)cc32)c1. The van der Waals surface area contributed by atoms with Gasteiger partial charge in [0.25, 0.3) is 0 Å². The van der Waals surface area contributed by atoms with Crippen LogP contribution in [0.4, 0.5) is 5.69 Å². The van der Waals surface area contributed by atoms with Crippen LogP contribution in [0.2, 0.25) is 5.02 Å². The molecule has 0 bridgehead atoms. The first-order valence-electron chi connectivity index (χ1n) is 6.25. The van der Waals surface area contributed by atoms with Crippen LogP contribution >= 0.6 is 11.6 Å². The van der Waals surface area contributed by atoms with Crippen LogP contribution in [0.3, 0.4) is 0 Å². The molecule has 4 heteroatoms. The number of nitriles is 1. The maximum Gasteiger partial charge on any atom is 0.231 e. The summed E-state index contributed by atoms with van der Waals surface area (Å²) >= 11 is 6.01. The maximum atomic E-state index is 12.1. The zero-order valence-corrected chi connectivity index (χ0v) is 11.4. The van der Waals surface area contributed by atoms with E-state index in [-0.39, 0.29) is 5.91 Å². The van der Waals surface area contributed by atoms with E-state index < -0.39 is 0 Å². The monoisotopic (exact) mass is 282 g/mol. The molecule has 1 aliphatic rings. The van der Waals surface area contributed by atoms with E-state index in [4.69, 9.17) is 16.9 Å². The Labute approximate surface area is 122 Å². The fourth-order valence-electron chi connectivity index (χ4n) is 2.43. The number of halogens is 1. The second-order valence-electron chi connectivity index (χ2n) is 4.74. The zero-order valence-electron chi connectivity index (χ0n) is 10.6. The minimum absolute atomic E-state index is 0.0598. The van der Waals surface area contributed by atoms with Gasteiger partial charge >= 0.3 is 0 Å². The number of carbonyl (C=O) groups is 1. The molecular formula is C16H11ClN2O. The topological polar surface area (TPSA) is 44.1 Å². The maximum absolute atomic E-state index is 12.1. The van der Waals surface area contributed by atoms with Gasteiger partial charge in [-0.05, 0) is 35.4 Å². The van der Waals surface area contributed by atoms with E-state index >= 15 is 0 Å². The molecule has 0 saturated heterocycles. The molecule has 0 saturated carbocycles. The van der Waals surface area contributed by atoms with Gasteiger partial charge in [-0.25, -0.2) is 0 Å². The van der Waals surface area contributed by atoms with E-state index in [1.807, 2.05) is 24.3 Å². The highest BCUT2D eigenvalue weighted by atomic mass is 35.5. The van der Waals surface area contributed by atoms with Gasteiger partial charge < -0.3 is 4.90 Å². The predicted octanol–water partition coefficient (Wildman–Crippen LogP) is 3.30. The molecule has 0 aliphatic carbocycles. The van der Waals surface area contributed by atoms with Gasteiger partial charge in [-0.15, -0.1) is 0 Å². The molecule has 1 aliphatic heterocycles. The smallest absolute Gasteiger partial charge is 0.231 e. The molecule has 2 aromatic rings. The molecule has 2 aromatic carbocycles. The lowest BCUT2D eigenvalue weighted by Crippen LogP contribution is -2.26. The number of nitrogens with zero attached hydrogens (tertiary/aromatic N) is 2. The van der Waals surface area contributed by atoms with Crippen molar-refractivity contribution in [2.45, 2.75) is 13.0 Å². The van der Waals surface area contributed by atoms with Gasteiger partial charge in [0.15, 0.2) is 0 Å². The van der Waals surface area contributed by atoms with Crippen molar-refractivity contribution in [3.05, 3.63) is 64.2 Å². The molecular weight excluding hydrogens is 272 g/mol. The van der Waals surface area contributed by atoms with Crippen LogP contribution < -0.4 is 4.90 Å². The van der Waals surface area contributed by atoms with Crippen molar-refractivity contribution < 1.29 is 4.79 Å². The molecule has 1 heterocycles. The van der Waals surface area contributed by atoms with Crippen molar-refractivity contribution in [3.8, 4) is 6.07 Å². The Bertz CT molecular complexity index is 733. The van der Waals surface area contributed by atoms with Gasteiger partial charge in [0.05, 0.1) is 24.6 Å². The van der Waals surface area contributed by atoms with E-state index in [0.717, 1.165) is 16.8 Å². The van der Waals surface area contributed by atoms with Crippen LogP contribution in [0.15, 0.2) is 42.5 Å². The number of anilines is 1. The number of fused-ring (bicyclic) bond motifs is 1. The third kappa shape index (κ3) is 2.26. The van der Waals surface area contributed by atoms with Crippen LogP contribution in [0.1, 0.15) is 16.7 Å². The van der Waals surface area contributed by atoms with Gasteiger partial charge in [0.1, 0.15) is 0 Å². The summed E-state index contributed by atoms with van der Waals surface area (Å²) in [6.45, 7) is 0.460. The highest BCUT2D eigenvalue weighted by Gasteiger charge is 2.27. The third-order valence-corrected chi connectivity index (χ3v) is 3.61. The molecule has 1 amide bonds. The summed E-state index contributed by atoms with van der Waals surface area (Å²) in [6, 6.07) is 14.9. The van der Waals surface area contributed by atoms with Crippen LogP contribution in [-0.4, -0.2) is 5.91 Å². The van der Waals surface area contributed by atoms with Crippen molar-refractivity contribution in [2.75, 3.05) is 4.90 Å². The van der Waals surface area contributed by atoms with E-state index in [1.54, 1.807) is 23.1 Å². The Morgan fingerprint density at radius 1 is 1.25 bits per heavy atom. The number of hydrogen-bond donors (Lipinski definition) is 0. The average Bonchev–Trinajstić information content (AvgIpc) is 2.75. The molecule has 3 nitrogen and oxygen atoms in total. The summed E-state index contributed by atoms with van der Waals surface area (Å²) in [5.41, 5.74) is 3.39.